The van der Waals surface area contributed by atoms with Crippen LogP contribution in [-0.4, -0.2) is 34.2 Å². The van der Waals surface area contributed by atoms with Crippen LogP contribution in [0.3, 0.4) is 0 Å². The van der Waals surface area contributed by atoms with Crippen LogP contribution in [0.4, 0.5) is 0 Å². The summed E-state index contributed by atoms with van der Waals surface area (Å²) >= 11 is 6.36. The number of nitrogens with one attached hydrogen (secondary N) is 1. The monoisotopic (exact) mass is 651 g/mol. The minimum atomic E-state index is -1.03. The van der Waals surface area contributed by atoms with Crippen LogP contribution in [0.25, 0.3) is 0 Å². The number of hydrogen-bond acceptors (Lipinski definition) is 3. The third-order valence-corrected chi connectivity index (χ3v) is 15.7. The molecule has 6 heteroatoms. The van der Waals surface area contributed by atoms with Crippen LogP contribution >= 0.6 is 11.6 Å². The zero-order valence-electron chi connectivity index (χ0n) is 29.3. The topological polar surface area (TPSA) is 86.6 Å². The summed E-state index contributed by atoms with van der Waals surface area (Å²) in [6.07, 6.45) is 13.6. The normalized spacial score (nSPS) is 41.5. The number of allylic oxidation sites excluding steroid dienone is 2. The molecule has 0 heterocycles. The van der Waals surface area contributed by atoms with Gasteiger partial charge in [-0.1, -0.05) is 89.9 Å². The molecule has 5 aliphatic rings. The molecule has 5 nitrogen and oxygen atoms in total. The van der Waals surface area contributed by atoms with Gasteiger partial charge in [-0.2, -0.15) is 0 Å². The molecule has 0 aromatic heterocycles. The van der Waals surface area contributed by atoms with Crippen LogP contribution in [0.5, 0.6) is 0 Å². The molecule has 4 saturated carbocycles. The van der Waals surface area contributed by atoms with Crippen molar-refractivity contribution in [3.63, 3.8) is 0 Å². The number of benzene rings is 1. The maximum atomic E-state index is 13.9. The van der Waals surface area contributed by atoms with Gasteiger partial charge < -0.3 is 15.5 Å². The molecular weight excluding hydrogens is 594 g/mol. The Morgan fingerprint density at radius 3 is 2.33 bits per heavy atom. The zero-order chi connectivity index (χ0) is 33.5. The van der Waals surface area contributed by atoms with Gasteiger partial charge in [-0.05, 0) is 126 Å². The van der Waals surface area contributed by atoms with Crippen molar-refractivity contribution in [2.75, 3.05) is 0 Å². The second-order valence-corrected chi connectivity index (χ2v) is 18.8. The van der Waals surface area contributed by atoms with Crippen molar-refractivity contribution in [1.82, 2.24) is 5.32 Å². The van der Waals surface area contributed by atoms with E-state index in [1.165, 1.54) is 12.8 Å². The van der Waals surface area contributed by atoms with Gasteiger partial charge in [-0.25, -0.2) is 4.79 Å². The van der Waals surface area contributed by atoms with E-state index in [2.05, 4.69) is 59.9 Å². The van der Waals surface area contributed by atoms with Crippen LogP contribution < -0.4 is 5.32 Å². The van der Waals surface area contributed by atoms with Crippen LogP contribution in [-0.2, 0) is 16.0 Å². The van der Waals surface area contributed by atoms with Gasteiger partial charge in [0, 0.05) is 17.9 Å². The number of aliphatic hydroxyl groups excluding tert-OH is 1. The number of aliphatic hydroxyl groups is 1. The maximum absolute atomic E-state index is 13.9. The highest BCUT2D eigenvalue weighted by atomic mass is 35.5. The van der Waals surface area contributed by atoms with E-state index in [1.54, 1.807) is 11.6 Å². The Balaban J connectivity index is 1.30. The van der Waals surface area contributed by atoms with E-state index in [1.807, 2.05) is 18.2 Å². The van der Waals surface area contributed by atoms with Crippen molar-refractivity contribution in [2.24, 2.45) is 50.2 Å². The quantitative estimate of drug-likeness (QED) is 0.268. The maximum Gasteiger partial charge on any atom is 0.326 e. The Kier molecular flexibility index (Phi) is 8.40. The van der Waals surface area contributed by atoms with Gasteiger partial charge in [0.05, 0.1) is 6.10 Å². The minimum absolute atomic E-state index is 0.0653. The van der Waals surface area contributed by atoms with Gasteiger partial charge in [0.2, 0.25) is 5.91 Å². The lowest BCUT2D eigenvalue weighted by atomic mass is 9.33. The zero-order valence-corrected chi connectivity index (χ0v) is 30.1. The number of amides is 1. The van der Waals surface area contributed by atoms with E-state index in [9.17, 15) is 19.8 Å². The van der Waals surface area contributed by atoms with Gasteiger partial charge >= 0.3 is 5.97 Å². The third kappa shape index (κ3) is 5.20. The lowest BCUT2D eigenvalue weighted by Gasteiger charge is -2.71. The molecule has 5 aliphatic carbocycles. The average molecular weight is 652 g/mol. The first-order valence-electron chi connectivity index (χ1n) is 18.0. The molecule has 1 unspecified atom stereocenters. The number of halogens is 1. The summed E-state index contributed by atoms with van der Waals surface area (Å²) in [6, 6.07) is 6.26. The summed E-state index contributed by atoms with van der Waals surface area (Å²) in [7, 11) is 0. The van der Waals surface area contributed by atoms with Crippen molar-refractivity contribution in [3.05, 3.63) is 46.5 Å². The molecule has 1 amide bonds. The predicted molar refractivity (Wildman–Crippen MR) is 184 cm³/mol. The Bertz CT molecular complexity index is 1420. The Morgan fingerprint density at radius 2 is 1.63 bits per heavy atom. The van der Waals surface area contributed by atoms with Crippen molar-refractivity contribution < 1.29 is 19.8 Å². The highest BCUT2D eigenvalue weighted by molar-refractivity contribution is 6.31. The molecule has 1 aromatic carbocycles. The number of carbonyl (C=O) groups is 2. The Morgan fingerprint density at radius 1 is 0.935 bits per heavy atom. The average Bonchev–Trinajstić information content (AvgIpc) is 2.97. The van der Waals surface area contributed by atoms with E-state index in [4.69, 9.17) is 11.6 Å². The summed E-state index contributed by atoms with van der Waals surface area (Å²) < 4.78 is 0. The summed E-state index contributed by atoms with van der Waals surface area (Å²) in [6.45, 7) is 17.1. The fraction of sp³-hybridized carbons (Fsp3) is 0.750. The highest BCUT2D eigenvalue weighted by Crippen LogP contribution is 2.76. The molecule has 6 rings (SSSR count). The fourth-order valence-electron chi connectivity index (χ4n) is 12.3. The molecule has 254 valence electrons. The molecular formula is C40H58ClNO4. The summed E-state index contributed by atoms with van der Waals surface area (Å²) in [4.78, 5) is 26.2. The molecule has 4 fully saturated rings. The smallest absolute Gasteiger partial charge is 0.326 e. The first-order valence-corrected chi connectivity index (χ1v) is 18.4. The Labute approximate surface area is 282 Å². The van der Waals surface area contributed by atoms with Gasteiger partial charge in [0.15, 0.2) is 0 Å². The lowest BCUT2D eigenvalue weighted by molar-refractivity contribution is -0.203. The van der Waals surface area contributed by atoms with Crippen molar-refractivity contribution in [2.45, 2.75) is 138 Å². The lowest BCUT2D eigenvalue weighted by Crippen LogP contribution is -2.64. The number of carboxylic acids is 1. The third-order valence-electron chi connectivity index (χ3n) is 15.3. The second kappa shape index (κ2) is 11.4. The largest absolute Gasteiger partial charge is 0.480 e. The standard InChI is InChI=1S/C40H58ClNO4/c1-35(2)18-20-40(24-33(44)42-29(34(45)46)22-25-10-8-9-11-28(25)41)21-19-38(6)26(27(40)23-35)12-13-31-37(5)16-15-32(43)36(3,4)30(37)14-17-39(31,38)7/h8-12,27,29-32,43H,13-24H2,1-7H3,(H,42,44)(H,45,46)/t27-,29?,30-,31+,32-,37-,38+,39+,40+/m0/s1. The van der Waals surface area contributed by atoms with Crippen molar-refractivity contribution >= 4 is 23.5 Å². The first kappa shape index (κ1) is 34.0. The van der Waals surface area contributed by atoms with E-state index in [0.717, 1.165) is 56.9 Å². The van der Waals surface area contributed by atoms with Gasteiger partial charge in [0.1, 0.15) is 6.04 Å². The molecule has 0 radical (unpaired) electrons. The molecule has 46 heavy (non-hydrogen) atoms. The highest BCUT2D eigenvalue weighted by Gasteiger charge is 2.68. The van der Waals surface area contributed by atoms with E-state index < -0.39 is 12.0 Å². The Hall–Kier alpha value is -1.85. The van der Waals surface area contributed by atoms with Gasteiger partial charge in [-0.3, -0.25) is 4.79 Å². The number of fused-ring (bicyclic) bond motifs is 7. The fourth-order valence-corrected chi connectivity index (χ4v) is 12.5. The SMILES string of the molecule is CC1(C)CC[C@]2(CC(=O)NC(Cc3ccccc3Cl)C(=O)O)CC[C@]3(C)C(=CC[C@@H]4[C@@]5(C)CC[C@H](O)C(C)(C)[C@@H]5CC[C@]43C)[C@@H]2C1. The molecule has 0 bridgehead atoms. The van der Waals surface area contributed by atoms with Crippen LogP contribution in [0, 0.1) is 50.2 Å². The van der Waals surface area contributed by atoms with E-state index in [0.29, 0.717) is 29.2 Å². The second-order valence-electron chi connectivity index (χ2n) is 18.4. The number of aliphatic carboxylic acids is 1. The van der Waals surface area contributed by atoms with Crippen molar-refractivity contribution in [1.29, 1.82) is 0 Å². The van der Waals surface area contributed by atoms with Gasteiger partial charge in [0.25, 0.3) is 0 Å². The van der Waals surface area contributed by atoms with E-state index in [-0.39, 0.29) is 50.9 Å². The summed E-state index contributed by atoms with van der Waals surface area (Å²) in [5.74, 6) is 0.241. The molecule has 9 atom stereocenters. The van der Waals surface area contributed by atoms with Gasteiger partial charge in [-0.15, -0.1) is 0 Å². The summed E-state index contributed by atoms with van der Waals surface area (Å²) in [5, 5.41) is 24.6. The van der Waals surface area contributed by atoms with Crippen LogP contribution in [0.15, 0.2) is 35.9 Å². The van der Waals surface area contributed by atoms with Crippen molar-refractivity contribution in [3.8, 4) is 0 Å². The molecule has 0 spiro atoms. The van der Waals surface area contributed by atoms with E-state index >= 15 is 0 Å². The number of carbonyl (C=O) groups excluding carboxylic acids is 1. The molecule has 0 saturated heterocycles. The van der Waals surface area contributed by atoms with Crippen LogP contribution in [0.2, 0.25) is 5.02 Å². The molecule has 0 aliphatic heterocycles. The molecule has 1 aromatic rings. The first-order chi connectivity index (χ1) is 21.4. The minimum Gasteiger partial charge on any atom is -0.480 e. The predicted octanol–water partition coefficient (Wildman–Crippen LogP) is 9.00. The number of rotatable bonds is 6. The van der Waals surface area contributed by atoms with Crippen LogP contribution in [0.1, 0.15) is 125 Å². The number of hydrogen-bond donors (Lipinski definition) is 3. The molecule has 3 N–H and O–H groups in total. The summed E-state index contributed by atoms with van der Waals surface area (Å²) in [5.41, 5.74) is 2.74. The number of carboxylic acid groups (broad SMARTS) is 1.